The van der Waals surface area contributed by atoms with Gasteiger partial charge in [-0.15, -0.1) is 0 Å². The van der Waals surface area contributed by atoms with Crippen molar-refractivity contribution in [2.75, 3.05) is 19.0 Å². The smallest absolute Gasteiger partial charge is 0.407 e. The quantitative estimate of drug-likeness (QED) is 0.689. The molecule has 2 saturated carbocycles. The van der Waals surface area contributed by atoms with Gasteiger partial charge in [0.05, 0.1) is 0 Å². The van der Waals surface area contributed by atoms with Crippen LogP contribution in [-0.2, 0) is 14.3 Å². The van der Waals surface area contributed by atoms with Crippen LogP contribution in [0.4, 0.5) is 10.6 Å². The van der Waals surface area contributed by atoms with Gasteiger partial charge < -0.3 is 20.1 Å². The van der Waals surface area contributed by atoms with Crippen LogP contribution in [0.15, 0.2) is 6.07 Å². The predicted octanol–water partition coefficient (Wildman–Crippen LogP) is 2.40. The molecule has 4 atom stereocenters. The van der Waals surface area contributed by atoms with E-state index in [0.717, 1.165) is 31.4 Å². The fourth-order valence-electron chi connectivity index (χ4n) is 3.55. The highest BCUT2D eigenvalue weighted by atomic mass is 16.6. The summed E-state index contributed by atoms with van der Waals surface area (Å²) in [6, 6.07) is 1.95. The van der Waals surface area contributed by atoms with Gasteiger partial charge in [-0.25, -0.2) is 4.79 Å². The van der Waals surface area contributed by atoms with Gasteiger partial charge in [0.1, 0.15) is 6.10 Å². The molecule has 8 heteroatoms. The number of nitrogens with one attached hydrogen (secondary N) is 3. The molecule has 144 valence electrons. The highest BCUT2D eigenvalue weighted by Gasteiger charge is 2.43. The van der Waals surface area contributed by atoms with E-state index in [0.29, 0.717) is 18.3 Å². The first-order valence-corrected chi connectivity index (χ1v) is 9.28. The average molecular weight is 364 g/mol. The van der Waals surface area contributed by atoms with Crippen LogP contribution < -0.4 is 10.6 Å². The number of alkyl carbamates (subject to hydrolysis) is 1. The molecule has 0 spiro atoms. The van der Waals surface area contributed by atoms with Crippen molar-refractivity contribution >= 4 is 17.8 Å². The third-order valence-corrected chi connectivity index (χ3v) is 4.99. The minimum absolute atomic E-state index is 0.00286. The van der Waals surface area contributed by atoms with E-state index in [2.05, 4.69) is 20.8 Å². The van der Waals surface area contributed by atoms with E-state index >= 15 is 0 Å². The molecule has 1 aromatic heterocycles. The molecule has 8 nitrogen and oxygen atoms in total. The van der Waals surface area contributed by atoms with Crippen molar-refractivity contribution in [2.24, 2.45) is 11.8 Å². The Hall–Kier alpha value is -2.09. The average Bonchev–Trinajstić information content (AvgIpc) is 2.96. The Morgan fingerprint density at radius 2 is 2.15 bits per heavy atom. The molecule has 2 fully saturated rings. The van der Waals surface area contributed by atoms with Crippen molar-refractivity contribution in [3.8, 4) is 0 Å². The Balaban J connectivity index is 1.46. The number of nitrogens with zero attached hydrogens (tertiary/aromatic N) is 1. The van der Waals surface area contributed by atoms with Gasteiger partial charge >= 0.3 is 6.09 Å². The van der Waals surface area contributed by atoms with Crippen molar-refractivity contribution < 1.29 is 19.1 Å². The third kappa shape index (κ3) is 4.75. The number of ether oxygens (including phenoxy) is 2. The topological polar surface area (TPSA) is 105 Å². The Labute approximate surface area is 153 Å². The first-order valence-electron chi connectivity index (χ1n) is 9.28. The number of aromatic nitrogens is 2. The van der Waals surface area contributed by atoms with E-state index in [9.17, 15) is 9.59 Å². The van der Waals surface area contributed by atoms with Gasteiger partial charge in [-0.05, 0) is 45.4 Å². The number of carbonyl (C=O) groups is 2. The highest BCUT2D eigenvalue weighted by Crippen LogP contribution is 2.40. The molecule has 1 aromatic rings. The van der Waals surface area contributed by atoms with E-state index in [1.165, 1.54) is 0 Å². The summed E-state index contributed by atoms with van der Waals surface area (Å²) in [7, 11) is 1.65. The summed E-state index contributed by atoms with van der Waals surface area (Å²) in [6.07, 6.45) is 2.95. The molecule has 3 N–H and O–H groups in total. The Bertz CT molecular complexity index is 645. The standard InChI is InChI=1S/C18H28N4O4/c1-10(2)19-18(24)26-13-5-4-11(6-13)15-8-16(22-21-15)20-17(23)14-7-12(14)9-25-3/h8,10-14H,4-7,9H2,1-3H3,(H,19,24)(H2,20,21,22,23)/t11?,12-,13?,14+/m1/s1. The summed E-state index contributed by atoms with van der Waals surface area (Å²) in [5.74, 6) is 1.16. The minimum Gasteiger partial charge on any atom is -0.446 e. The molecule has 0 bridgehead atoms. The van der Waals surface area contributed by atoms with Crippen LogP contribution in [-0.4, -0.2) is 48.1 Å². The molecule has 2 amide bonds. The van der Waals surface area contributed by atoms with E-state index in [4.69, 9.17) is 9.47 Å². The number of hydrogen-bond donors (Lipinski definition) is 3. The van der Waals surface area contributed by atoms with E-state index in [-0.39, 0.29) is 36.0 Å². The zero-order valence-corrected chi connectivity index (χ0v) is 15.6. The number of anilines is 1. The summed E-state index contributed by atoms with van der Waals surface area (Å²) >= 11 is 0. The van der Waals surface area contributed by atoms with Crippen molar-refractivity contribution in [3.05, 3.63) is 11.8 Å². The number of hydrogen-bond acceptors (Lipinski definition) is 5. The number of methoxy groups -OCH3 is 1. The number of rotatable bonds is 7. The van der Waals surface area contributed by atoms with Crippen LogP contribution >= 0.6 is 0 Å². The van der Waals surface area contributed by atoms with Gasteiger partial charge in [-0.3, -0.25) is 9.89 Å². The molecule has 2 unspecified atom stereocenters. The van der Waals surface area contributed by atoms with E-state index in [1.54, 1.807) is 7.11 Å². The Morgan fingerprint density at radius 1 is 1.35 bits per heavy atom. The van der Waals surface area contributed by atoms with Crippen LogP contribution in [0, 0.1) is 11.8 Å². The fourth-order valence-corrected chi connectivity index (χ4v) is 3.55. The summed E-state index contributed by atoms with van der Waals surface area (Å²) in [4.78, 5) is 23.9. The molecule has 0 aliphatic heterocycles. The van der Waals surface area contributed by atoms with Gasteiger partial charge in [-0.2, -0.15) is 5.10 Å². The van der Waals surface area contributed by atoms with Gasteiger partial charge in [0.15, 0.2) is 5.82 Å². The van der Waals surface area contributed by atoms with Crippen molar-refractivity contribution in [2.45, 2.75) is 57.6 Å². The van der Waals surface area contributed by atoms with Gasteiger partial charge in [0.25, 0.3) is 0 Å². The van der Waals surface area contributed by atoms with Gasteiger partial charge in [0, 0.05) is 43.4 Å². The summed E-state index contributed by atoms with van der Waals surface area (Å²) in [5.41, 5.74) is 0.972. The maximum absolute atomic E-state index is 12.2. The van der Waals surface area contributed by atoms with Crippen LogP contribution in [0.1, 0.15) is 51.1 Å². The third-order valence-electron chi connectivity index (χ3n) is 4.99. The number of H-pyrrole nitrogens is 1. The normalized spacial score (nSPS) is 27.4. The first kappa shape index (κ1) is 18.7. The highest BCUT2D eigenvalue weighted by molar-refractivity contribution is 5.93. The van der Waals surface area contributed by atoms with Crippen LogP contribution in [0.2, 0.25) is 0 Å². The molecule has 0 radical (unpaired) electrons. The molecular formula is C18H28N4O4. The van der Waals surface area contributed by atoms with Crippen molar-refractivity contribution in [1.29, 1.82) is 0 Å². The maximum atomic E-state index is 12.2. The minimum atomic E-state index is -0.363. The van der Waals surface area contributed by atoms with Gasteiger partial charge in [-0.1, -0.05) is 0 Å². The second kappa shape index (κ2) is 8.07. The molecule has 2 aliphatic rings. The maximum Gasteiger partial charge on any atom is 0.407 e. The number of aromatic amines is 1. The summed E-state index contributed by atoms with van der Waals surface area (Å²) in [6.45, 7) is 4.42. The lowest BCUT2D eigenvalue weighted by Crippen LogP contribution is -2.33. The largest absolute Gasteiger partial charge is 0.446 e. The SMILES string of the molecule is COC[C@H]1C[C@@H]1C(=O)Nc1cc(C2CCC(OC(=O)NC(C)C)C2)[nH]n1. The second-order valence-corrected chi connectivity index (χ2v) is 7.59. The Morgan fingerprint density at radius 3 is 2.88 bits per heavy atom. The lowest BCUT2D eigenvalue weighted by Gasteiger charge is -2.14. The van der Waals surface area contributed by atoms with E-state index < -0.39 is 0 Å². The number of carbonyl (C=O) groups excluding carboxylic acids is 2. The van der Waals surface area contributed by atoms with Crippen molar-refractivity contribution in [3.63, 3.8) is 0 Å². The number of amides is 2. The predicted molar refractivity (Wildman–Crippen MR) is 95.8 cm³/mol. The van der Waals surface area contributed by atoms with Gasteiger partial charge in [0.2, 0.25) is 5.91 Å². The lowest BCUT2D eigenvalue weighted by atomic mass is 10.0. The molecule has 0 aromatic carbocycles. The van der Waals surface area contributed by atoms with Crippen LogP contribution in [0.3, 0.4) is 0 Å². The zero-order valence-electron chi connectivity index (χ0n) is 15.6. The Kier molecular flexibility index (Phi) is 5.80. The monoisotopic (exact) mass is 364 g/mol. The van der Waals surface area contributed by atoms with E-state index in [1.807, 2.05) is 19.9 Å². The van der Waals surface area contributed by atoms with Crippen molar-refractivity contribution in [1.82, 2.24) is 15.5 Å². The second-order valence-electron chi connectivity index (χ2n) is 7.59. The molecule has 1 heterocycles. The van der Waals surface area contributed by atoms with Crippen LogP contribution in [0.25, 0.3) is 0 Å². The van der Waals surface area contributed by atoms with Crippen LogP contribution in [0.5, 0.6) is 0 Å². The summed E-state index contributed by atoms with van der Waals surface area (Å²) < 4.78 is 10.5. The zero-order chi connectivity index (χ0) is 18.7. The molecular weight excluding hydrogens is 336 g/mol. The molecule has 2 aliphatic carbocycles. The molecule has 3 rings (SSSR count). The molecule has 0 saturated heterocycles. The molecule has 26 heavy (non-hydrogen) atoms. The summed E-state index contributed by atoms with van der Waals surface area (Å²) in [5, 5.41) is 12.8. The lowest BCUT2D eigenvalue weighted by molar-refractivity contribution is -0.117. The first-order chi connectivity index (χ1) is 12.5. The fraction of sp³-hybridized carbons (Fsp3) is 0.722.